The molecule has 1 aromatic heterocycles. The van der Waals surface area contributed by atoms with Crippen LogP contribution in [0.1, 0.15) is 30.5 Å². The van der Waals surface area contributed by atoms with Gasteiger partial charge in [0.25, 0.3) is 0 Å². The minimum Gasteiger partial charge on any atom is -0.310 e. The topological polar surface area (TPSA) is 12.0 Å². The van der Waals surface area contributed by atoms with Crippen molar-refractivity contribution in [3.05, 3.63) is 57.0 Å². The third-order valence-corrected chi connectivity index (χ3v) is 4.02. The molecule has 0 aliphatic carbocycles. The average molecular weight is 298 g/mol. The van der Waals surface area contributed by atoms with E-state index in [1.165, 1.54) is 11.6 Å². The molecule has 2 rings (SSSR count). The van der Waals surface area contributed by atoms with Gasteiger partial charge in [-0.1, -0.05) is 24.6 Å². The molecule has 1 heterocycles. The molecule has 0 spiro atoms. The van der Waals surface area contributed by atoms with E-state index in [4.69, 9.17) is 11.6 Å². The maximum Gasteiger partial charge on any atom is 0.142 e. The zero-order valence-electron chi connectivity index (χ0n) is 10.8. The fourth-order valence-corrected chi connectivity index (χ4v) is 2.83. The molecule has 0 saturated carbocycles. The number of rotatable bonds is 6. The largest absolute Gasteiger partial charge is 0.310 e. The molecule has 2 aromatic rings. The van der Waals surface area contributed by atoms with E-state index in [-0.39, 0.29) is 16.9 Å². The van der Waals surface area contributed by atoms with Gasteiger partial charge in [-0.05, 0) is 59.5 Å². The van der Waals surface area contributed by atoms with Crippen LogP contribution in [0.4, 0.5) is 4.39 Å². The van der Waals surface area contributed by atoms with E-state index in [1.54, 1.807) is 17.4 Å². The molecule has 4 heteroatoms. The molecule has 1 nitrogen and oxygen atoms in total. The summed E-state index contributed by atoms with van der Waals surface area (Å²) in [4.78, 5) is 0. The Morgan fingerprint density at radius 2 is 2.21 bits per heavy atom. The van der Waals surface area contributed by atoms with Crippen molar-refractivity contribution in [2.75, 3.05) is 6.54 Å². The van der Waals surface area contributed by atoms with Gasteiger partial charge in [0.05, 0.1) is 5.02 Å². The quantitative estimate of drug-likeness (QED) is 0.806. The molecule has 0 radical (unpaired) electrons. The average Bonchev–Trinajstić information content (AvgIpc) is 2.92. The van der Waals surface area contributed by atoms with Crippen LogP contribution < -0.4 is 5.32 Å². The van der Waals surface area contributed by atoms with Crippen LogP contribution in [0.3, 0.4) is 0 Å². The number of hydrogen-bond donors (Lipinski definition) is 1. The summed E-state index contributed by atoms with van der Waals surface area (Å²) in [5, 5.41) is 7.89. The Labute approximate surface area is 122 Å². The minimum absolute atomic E-state index is 0.178. The smallest absolute Gasteiger partial charge is 0.142 e. The van der Waals surface area contributed by atoms with Gasteiger partial charge < -0.3 is 5.32 Å². The maximum absolute atomic E-state index is 13.5. The summed E-state index contributed by atoms with van der Waals surface area (Å²) in [5.74, 6) is -0.348. The van der Waals surface area contributed by atoms with Gasteiger partial charge in [0.15, 0.2) is 0 Å². The zero-order valence-corrected chi connectivity index (χ0v) is 12.4. The highest BCUT2D eigenvalue weighted by molar-refractivity contribution is 7.07. The van der Waals surface area contributed by atoms with Gasteiger partial charge >= 0.3 is 0 Å². The Balaban J connectivity index is 2.13. The van der Waals surface area contributed by atoms with E-state index < -0.39 is 0 Å². The second-order valence-corrected chi connectivity index (χ2v) is 5.70. The summed E-state index contributed by atoms with van der Waals surface area (Å²) >= 11 is 7.39. The van der Waals surface area contributed by atoms with Crippen LogP contribution in [0.5, 0.6) is 0 Å². The van der Waals surface area contributed by atoms with Gasteiger partial charge in [0.1, 0.15) is 5.82 Å². The third-order valence-electron chi connectivity index (χ3n) is 3.01. The van der Waals surface area contributed by atoms with Gasteiger partial charge in [-0.15, -0.1) is 0 Å². The van der Waals surface area contributed by atoms with Crippen molar-refractivity contribution in [3.63, 3.8) is 0 Å². The molecule has 1 aromatic carbocycles. The highest BCUT2D eigenvalue weighted by Gasteiger charge is 2.13. The van der Waals surface area contributed by atoms with Crippen LogP contribution >= 0.6 is 22.9 Å². The molecular formula is C15H17ClFNS. The standard InChI is InChI=1S/C15H17ClFNS/c1-2-6-18-15(12-5-7-19-10-12)9-11-3-4-13(16)14(17)8-11/h3-5,7-8,10,15,18H,2,6,9H2,1H3. The van der Waals surface area contributed by atoms with E-state index >= 15 is 0 Å². The summed E-state index contributed by atoms with van der Waals surface area (Å²) < 4.78 is 13.5. The highest BCUT2D eigenvalue weighted by atomic mass is 35.5. The van der Waals surface area contributed by atoms with Gasteiger partial charge in [-0.3, -0.25) is 0 Å². The summed E-state index contributed by atoms with van der Waals surface area (Å²) in [7, 11) is 0. The second kappa shape index (κ2) is 7.04. The van der Waals surface area contributed by atoms with Crippen LogP contribution in [0.2, 0.25) is 5.02 Å². The van der Waals surface area contributed by atoms with E-state index in [2.05, 4.69) is 29.1 Å². The number of benzene rings is 1. The molecule has 1 unspecified atom stereocenters. The number of nitrogens with one attached hydrogen (secondary N) is 1. The molecule has 19 heavy (non-hydrogen) atoms. The van der Waals surface area contributed by atoms with Crippen molar-refractivity contribution in [3.8, 4) is 0 Å². The lowest BCUT2D eigenvalue weighted by Crippen LogP contribution is -2.23. The number of thiophene rings is 1. The Bertz CT molecular complexity index is 513. The van der Waals surface area contributed by atoms with Gasteiger partial charge in [-0.25, -0.2) is 4.39 Å². The van der Waals surface area contributed by atoms with E-state index in [1.807, 2.05) is 6.07 Å². The lowest BCUT2D eigenvalue weighted by molar-refractivity contribution is 0.528. The normalized spacial score (nSPS) is 12.6. The maximum atomic E-state index is 13.5. The second-order valence-electron chi connectivity index (χ2n) is 4.52. The van der Waals surface area contributed by atoms with E-state index in [0.29, 0.717) is 0 Å². The van der Waals surface area contributed by atoms with Crippen LogP contribution in [-0.2, 0) is 6.42 Å². The van der Waals surface area contributed by atoms with Crippen molar-refractivity contribution in [2.45, 2.75) is 25.8 Å². The van der Waals surface area contributed by atoms with Crippen LogP contribution in [0.25, 0.3) is 0 Å². The van der Waals surface area contributed by atoms with Crippen LogP contribution in [0.15, 0.2) is 35.0 Å². The Kier molecular flexibility index (Phi) is 5.37. The van der Waals surface area contributed by atoms with Crippen molar-refractivity contribution < 1.29 is 4.39 Å². The predicted molar refractivity (Wildman–Crippen MR) is 80.5 cm³/mol. The Morgan fingerprint density at radius 3 is 2.84 bits per heavy atom. The SMILES string of the molecule is CCCNC(Cc1ccc(Cl)c(F)c1)c1ccsc1. The minimum atomic E-state index is -0.348. The van der Waals surface area contributed by atoms with Gasteiger partial charge in [0, 0.05) is 6.04 Å². The van der Waals surface area contributed by atoms with Crippen molar-refractivity contribution in [1.82, 2.24) is 5.32 Å². The zero-order chi connectivity index (χ0) is 13.7. The Hall–Kier alpha value is -0.900. The number of hydrogen-bond acceptors (Lipinski definition) is 2. The molecule has 1 N–H and O–H groups in total. The molecule has 0 fully saturated rings. The molecule has 0 bridgehead atoms. The molecular weight excluding hydrogens is 281 g/mol. The van der Waals surface area contributed by atoms with Crippen molar-refractivity contribution >= 4 is 22.9 Å². The summed E-state index contributed by atoms with van der Waals surface area (Å²) in [6, 6.07) is 7.38. The van der Waals surface area contributed by atoms with E-state index in [9.17, 15) is 4.39 Å². The predicted octanol–water partition coefficient (Wildman–Crippen LogP) is 4.82. The molecule has 1 atom stereocenters. The molecule has 0 amide bonds. The lowest BCUT2D eigenvalue weighted by atomic mass is 10.0. The van der Waals surface area contributed by atoms with Crippen molar-refractivity contribution in [2.24, 2.45) is 0 Å². The summed E-state index contributed by atoms with van der Waals surface area (Å²) in [6.45, 7) is 3.09. The number of halogens is 2. The lowest BCUT2D eigenvalue weighted by Gasteiger charge is -2.18. The van der Waals surface area contributed by atoms with Crippen LogP contribution in [0, 0.1) is 5.82 Å². The highest BCUT2D eigenvalue weighted by Crippen LogP contribution is 2.23. The molecule has 0 aliphatic heterocycles. The fraction of sp³-hybridized carbons (Fsp3) is 0.333. The van der Waals surface area contributed by atoms with Gasteiger partial charge in [0.2, 0.25) is 0 Å². The summed E-state index contributed by atoms with van der Waals surface area (Å²) in [6.07, 6.45) is 1.85. The first-order valence-electron chi connectivity index (χ1n) is 6.40. The fourth-order valence-electron chi connectivity index (χ4n) is 2.00. The Morgan fingerprint density at radius 1 is 1.37 bits per heavy atom. The molecule has 0 aliphatic rings. The summed E-state index contributed by atoms with van der Waals surface area (Å²) in [5.41, 5.74) is 2.22. The monoisotopic (exact) mass is 297 g/mol. The molecule has 0 saturated heterocycles. The van der Waals surface area contributed by atoms with Crippen molar-refractivity contribution in [1.29, 1.82) is 0 Å². The first-order chi connectivity index (χ1) is 9.20. The third kappa shape index (κ3) is 4.03. The van der Waals surface area contributed by atoms with E-state index in [0.717, 1.165) is 24.9 Å². The first-order valence-corrected chi connectivity index (χ1v) is 7.72. The van der Waals surface area contributed by atoms with Gasteiger partial charge in [-0.2, -0.15) is 11.3 Å². The molecule has 102 valence electrons. The van der Waals surface area contributed by atoms with Crippen LogP contribution in [-0.4, -0.2) is 6.54 Å². The first kappa shape index (κ1) is 14.5.